The van der Waals surface area contributed by atoms with Gasteiger partial charge >= 0.3 is 0 Å². The van der Waals surface area contributed by atoms with Gasteiger partial charge in [-0.2, -0.15) is 0 Å². The maximum absolute atomic E-state index is 5.96. The van der Waals surface area contributed by atoms with Crippen molar-refractivity contribution in [3.63, 3.8) is 0 Å². The minimum Gasteiger partial charge on any atom is -0.497 e. The summed E-state index contributed by atoms with van der Waals surface area (Å²) in [4.78, 5) is 3.28. The minimum atomic E-state index is 0.321. The molecule has 3 heterocycles. The van der Waals surface area contributed by atoms with Gasteiger partial charge in [0.05, 0.1) is 36.4 Å². The van der Waals surface area contributed by atoms with E-state index in [-0.39, 0.29) is 0 Å². The monoisotopic (exact) mass is 276 g/mol. The molecule has 2 fully saturated rings. The number of methoxy groups -OCH3 is 1. The highest BCUT2D eigenvalue weighted by atomic mass is 32.1. The van der Waals surface area contributed by atoms with Gasteiger partial charge in [0.2, 0.25) is 0 Å². The van der Waals surface area contributed by atoms with Crippen molar-refractivity contribution in [1.82, 2.24) is 9.55 Å². The van der Waals surface area contributed by atoms with Crippen molar-refractivity contribution in [1.29, 1.82) is 0 Å². The molecule has 0 spiro atoms. The molecule has 100 valence electrons. The highest BCUT2D eigenvalue weighted by Crippen LogP contribution is 2.43. The number of H-pyrrole nitrogens is 1. The van der Waals surface area contributed by atoms with Crippen LogP contribution in [0.15, 0.2) is 18.2 Å². The molecule has 1 aromatic heterocycles. The van der Waals surface area contributed by atoms with Gasteiger partial charge in [-0.3, -0.25) is 0 Å². The number of nitrogens with one attached hydrogen (secondary N) is 1. The summed E-state index contributed by atoms with van der Waals surface area (Å²) >= 11 is 5.50. The molecule has 3 unspecified atom stereocenters. The van der Waals surface area contributed by atoms with Crippen molar-refractivity contribution >= 4 is 23.3 Å². The summed E-state index contributed by atoms with van der Waals surface area (Å²) in [5.41, 5.74) is 2.18. The van der Waals surface area contributed by atoms with Crippen LogP contribution in [0, 0.1) is 4.77 Å². The van der Waals surface area contributed by atoms with Gasteiger partial charge in [-0.05, 0) is 43.6 Å². The van der Waals surface area contributed by atoms with Crippen LogP contribution in [-0.4, -0.2) is 28.9 Å². The number of ether oxygens (including phenoxy) is 2. The zero-order valence-corrected chi connectivity index (χ0v) is 11.6. The van der Waals surface area contributed by atoms with Gasteiger partial charge in [0.15, 0.2) is 4.77 Å². The summed E-state index contributed by atoms with van der Waals surface area (Å²) < 4.78 is 14.3. The number of hydrogen-bond donors (Lipinski definition) is 1. The summed E-state index contributed by atoms with van der Waals surface area (Å²) in [5, 5.41) is 0. The molecule has 4 nitrogen and oxygen atoms in total. The Morgan fingerprint density at radius 2 is 2.32 bits per heavy atom. The average molecular weight is 276 g/mol. The van der Waals surface area contributed by atoms with Crippen LogP contribution in [0.25, 0.3) is 11.0 Å². The molecule has 2 aromatic rings. The standard InChI is InChI=1S/C14H16N2O2S/c1-17-8-2-4-10-11(6-8)16(14(19)15-10)12-7-9-3-5-13(12)18-9/h2,4,6,9,12-13H,3,5,7H2,1H3,(H,15,19). The summed E-state index contributed by atoms with van der Waals surface area (Å²) in [6, 6.07) is 6.39. The van der Waals surface area contributed by atoms with E-state index in [0.717, 1.165) is 34.4 Å². The fourth-order valence-electron chi connectivity index (χ4n) is 3.44. The minimum absolute atomic E-state index is 0.321. The van der Waals surface area contributed by atoms with Crippen LogP contribution in [0.4, 0.5) is 0 Å². The van der Waals surface area contributed by atoms with E-state index in [1.807, 2.05) is 18.2 Å². The van der Waals surface area contributed by atoms with E-state index >= 15 is 0 Å². The first-order valence-electron chi connectivity index (χ1n) is 6.70. The second-order valence-corrected chi connectivity index (χ2v) is 5.75. The number of nitrogens with zero attached hydrogens (tertiary/aromatic N) is 1. The van der Waals surface area contributed by atoms with E-state index in [1.165, 1.54) is 6.42 Å². The van der Waals surface area contributed by atoms with Gasteiger partial charge in [0.25, 0.3) is 0 Å². The zero-order chi connectivity index (χ0) is 13.0. The second-order valence-electron chi connectivity index (χ2n) is 5.36. The first-order valence-corrected chi connectivity index (χ1v) is 7.11. The lowest BCUT2D eigenvalue weighted by atomic mass is 9.95. The molecule has 2 saturated heterocycles. The van der Waals surface area contributed by atoms with Crippen molar-refractivity contribution in [2.45, 2.75) is 37.5 Å². The molecular weight excluding hydrogens is 260 g/mol. The molecule has 5 heteroatoms. The maximum Gasteiger partial charge on any atom is 0.178 e. The van der Waals surface area contributed by atoms with Crippen LogP contribution in [0.3, 0.4) is 0 Å². The predicted molar refractivity (Wildman–Crippen MR) is 75.2 cm³/mol. The number of fused-ring (bicyclic) bond motifs is 3. The van der Waals surface area contributed by atoms with Crippen molar-refractivity contribution in [3.05, 3.63) is 23.0 Å². The van der Waals surface area contributed by atoms with Gasteiger partial charge in [-0.15, -0.1) is 0 Å². The summed E-state index contributed by atoms with van der Waals surface area (Å²) in [6.07, 6.45) is 4.16. The molecule has 2 bridgehead atoms. The summed E-state index contributed by atoms with van der Waals surface area (Å²) in [5.74, 6) is 0.860. The lowest BCUT2D eigenvalue weighted by molar-refractivity contribution is 0.0941. The average Bonchev–Trinajstić information content (AvgIpc) is 3.09. The molecule has 0 aliphatic carbocycles. The molecular formula is C14H16N2O2S. The van der Waals surface area contributed by atoms with Crippen LogP contribution in [0.2, 0.25) is 0 Å². The molecule has 2 aliphatic rings. The van der Waals surface area contributed by atoms with Crippen molar-refractivity contribution < 1.29 is 9.47 Å². The Kier molecular flexibility index (Phi) is 2.47. The topological polar surface area (TPSA) is 39.2 Å². The quantitative estimate of drug-likeness (QED) is 0.856. The smallest absolute Gasteiger partial charge is 0.178 e. The number of benzene rings is 1. The largest absolute Gasteiger partial charge is 0.497 e. The van der Waals surface area contributed by atoms with Gasteiger partial charge in [-0.25, -0.2) is 0 Å². The van der Waals surface area contributed by atoms with Crippen molar-refractivity contribution in [3.8, 4) is 5.75 Å². The molecule has 1 N–H and O–H groups in total. The molecule has 0 saturated carbocycles. The highest BCUT2D eigenvalue weighted by molar-refractivity contribution is 7.71. The zero-order valence-electron chi connectivity index (χ0n) is 10.8. The number of hydrogen-bond acceptors (Lipinski definition) is 3. The fraction of sp³-hybridized carbons (Fsp3) is 0.500. The normalized spacial score (nSPS) is 29.2. The first kappa shape index (κ1) is 11.5. The Labute approximate surface area is 116 Å². The van der Waals surface area contributed by atoms with Crippen molar-refractivity contribution in [2.24, 2.45) is 0 Å². The Balaban J connectivity index is 1.88. The van der Waals surface area contributed by atoms with Gasteiger partial charge in [0, 0.05) is 6.07 Å². The molecule has 3 atom stereocenters. The molecule has 0 amide bonds. The fourth-order valence-corrected chi connectivity index (χ4v) is 3.78. The lowest BCUT2D eigenvalue weighted by Crippen LogP contribution is -2.20. The lowest BCUT2D eigenvalue weighted by Gasteiger charge is -2.21. The summed E-state index contributed by atoms with van der Waals surface area (Å²) in [7, 11) is 1.69. The number of rotatable bonds is 2. The maximum atomic E-state index is 5.96. The molecule has 19 heavy (non-hydrogen) atoms. The van der Waals surface area contributed by atoms with Crippen LogP contribution in [0.5, 0.6) is 5.75 Å². The van der Waals surface area contributed by atoms with E-state index < -0.39 is 0 Å². The van der Waals surface area contributed by atoms with Crippen LogP contribution >= 0.6 is 12.2 Å². The number of imidazole rings is 1. The van der Waals surface area contributed by atoms with Gasteiger partial charge < -0.3 is 19.0 Å². The first-order chi connectivity index (χ1) is 9.26. The molecule has 0 radical (unpaired) electrons. The Bertz CT molecular complexity index is 690. The van der Waals surface area contributed by atoms with E-state index in [0.29, 0.717) is 18.2 Å². The van der Waals surface area contributed by atoms with E-state index in [2.05, 4.69) is 9.55 Å². The third-order valence-electron chi connectivity index (χ3n) is 4.33. The van der Waals surface area contributed by atoms with Crippen LogP contribution < -0.4 is 4.74 Å². The van der Waals surface area contributed by atoms with Crippen LogP contribution in [0.1, 0.15) is 25.3 Å². The van der Waals surface area contributed by atoms with Gasteiger partial charge in [-0.1, -0.05) is 0 Å². The Hall–Kier alpha value is -1.33. The third-order valence-corrected chi connectivity index (χ3v) is 4.63. The predicted octanol–water partition coefficient (Wildman–Crippen LogP) is 3.20. The van der Waals surface area contributed by atoms with E-state index in [9.17, 15) is 0 Å². The van der Waals surface area contributed by atoms with Crippen molar-refractivity contribution in [2.75, 3.05) is 7.11 Å². The third kappa shape index (κ3) is 1.65. The molecule has 1 aromatic carbocycles. The Morgan fingerprint density at radius 3 is 3.00 bits per heavy atom. The Morgan fingerprint density at radius 1 is 1.42 bits per heavy atom. The summed E-state index contributed by atoms with van der Waals surface area (Å²) in [6.45, 7) is 0. The van der Waals surface area contributed by atoms with E-state index in [1.54, 1.807) is 7.11 Å². The highest BCUT2D eigenvalue weighted by Gasteiger charge is 2.42. The number of aromatic nitrogens is 2. The SMILES string of the molecule is COc1ccc2[nH]c(=S)n(C3CC4CCC3O4)c2c1. The molecule has 2 aliphatic heterocycles. The van der Waals surface area contributed by atoms with Crippen LogP contribution in [-0.2, 0) is 4.74 Å². The number of aromatic amines is 1. The molecule has 4 rings (SSSR count). The second kappa shape index (κ2) is 4.08. The van der Waals surface area contributed by atoms with Gasteiger partial charge in [0.1, 0.15) is 5.75 Å². The van der Waals surface area contributed by atoms with E-state index in [4.69, 9.17) is 21.7 Å².